The number of hydrogen-bond donors (Lipinski definition) is 1. The molecule has 114 valence electrons. The number of carbonyl (C=O) groups is 1. The molecule has 0 aromatic carbocycles. The Morgan fingerprint density at radius 1 is 1.57 bits per heavy atom. The van der Waals surface area contributed by atoms with Gasteiger partial charge in [-0.25, -0.2) is 8.78 Å². The number of nitrogens with one attached hydrogen (secondary N) is 1. The molecule has 0 aromatic rings. The lowest BCUT2D eigenvalue weighted by molar-refractivity contribution is -0.125. The van der Waals surface area contributed by atoms with Crippen LogP contribution in [0.5, 0.6) is 0 Å². The van der Waals surface area contributed by atoms with E-state index in [4.69, 9.17) is 5.26 Å². The largest absolute Gasteiger partial charge is 0.356 e. The molecule has 0 saturated heterocycles. The molecule has 0 aromatic heterocycles. The van der Waals surface area contributed by atoms with E-state index in [2.05, 4.69) is 11.4 Å². The van der Waals surface area contributed by atoms with Crippen molar-refractivity contribution in [3.8, 4) is 6.07 Å². The van der Waals surface area contributed by atoms with Crippen LogP contribution in [0.2, 0.25) is 0 Å². The molecular weight excluding hydrogens is 276 g/mol. The third-order valence-corrected chi connectivity index (χ3v) is 3.98. The van der Waals surface area contributed by atoms with Gasteiger partial charge in [0, 0.05) is 37.2 Å². The molecule has 1 aliphatic carbocycles. The van der Waals surface area contributed by atoms with E-state index < -0.39 is 17.4 Å². The summed E-state index contributed by atoms with van der Waals surface area (Å²) >= 11 is 0. The van der Waals surface area contributed by atoms with Crippen molar-refractivity contribution in [1.29, 1.82) is 5.26 Å². The van der Waals surface area contributed by atoms with E-state index in [9.17, 15) is 13.6 Å². The molecular formula is C15H19F2N3O. The van der Waals surface area contributed by atoms with Gasteiger partial charge in [0.15, 0.2) is 0 Å². The first-order valence-corrected chi connectivity index (χ1v) is 6.98. The van der Waals surface area contributed by atoms with Gasteiger partial charge >= 0.3 is 0 Å². The van der Waals surface area contributed by atoms with Gasteiger partial charge in [-0.05, 0) is 32.4 Å². The Morgan fingerprint density at radius 3 is 2.76 bits per heavy atom. The lowest BCUT2D eigenvalue weighted by Crippen LogP contribution is -2.41. The second-order valence-corrected chi connectivity index (χ2v) is 6.08. The Balaban J connectivity index is 1.90. The Hall–Kier alpha value is -1.90. The molecule has 6 heteroatoms. The predicted molar refractivity (Wildman–Crippen MR) is 74.1 cm³/mol. The van der Waals surface area contributed by atoms with Crippen LogP contribution >= 0.6 is 0 Å². The lowest BCUT2D eigenvalue weighted by atomic mass is 10.0. The average Bonchev–Trinajstić information content (AvgIpc) is 2.80. The number of carbonyl (C=O) groups excluding carboxylic acids is 1. The van der Waals surface area contributed by atoms with Gasteiger partial charge in [0.2, 0.25) is 11.8 Å². The summed E-state index contributed by atoms with van der Waals surface area (Å²) in [5, 5.41) is 11.7. The third kappa shape index (κ3) is 3.60. The number of amides is 1. The van der Waals surface area contributed by atoms with Gasteiger partial charge in [-0.2, -0.15) is 5.26 Å². The highest BCUT2D eigenvalue weighted by molar-refractivity contribution is 5.81. The summed E-state index contributed by atoms with van der Waals surface area (Å²) in [7, 11) is 0. The minimum atomic E-state index is -2.72. The van der Waals surface area contributed by atoms with Gasteiger partial charge in [-0.1, -0.05) is 0 Å². The second kappa shape index (κ2) is 5.47. The number of nitriles is 1. The fourth-order valence-electron chi connectivity index (χ4n) is 2.49. The topological polar surface area (TPSA) is 56.1 Å². The molecule has 1 aliphatic heterocycles. The Labute approximate surface area is 123 Å². The fourth-order valence-corrected chi connectivity index (χ4v) is 2.49. The maximum absolute atomic E-state index is 13.1. The summed E-state index contributed by atoms with van der Waals surface area (Å²) in [5.74, 6) is -3.69. The molecule has 21 heavy (non-hydrogen) atoms. The Morgan fingerprint density at radius 2 is 2.29 bits per heavy atom. The van der Waals surface area contributed by atoms with Crippen LogP contribution in [0, 0.1) is 17.2 Å². The predicted octanol–water partition coefficient (Wildman–Crippen LogP) is 2.55. The minimum absolute atomic E-state index is 0.218. The van der Waals surface area contributed by atoms with Crippen LogP contribution in [0.3, 0.4) is 0 Å². The van der Waals surface area contributed by atoms with Crippen molar-refractivity contribution in [2.75, 3.05) is 6.54 Å². The summed E-state index contributed by atoms with van der Waals surface area (Å²) in [4.78, 5) is 13.8. The summed E-state index contributed by atoms with van der Waals surface area (Å²) < 4.78 is 26.2. The highest BCUT2D eigenvalue weighted by atomic mass is 19.3. The Kier molecular flexibility index (Phi) is 4.04. The minimum Gasteiger partial charge on any atom is -0.356 e. The van der Waals surface area contributed by atoms with E-state index in [0.29, 0.717) is 12.2 Å². The van der Waals surface area contributed by atoms with E-state index >= 15 is 0 Å². The maximum atomic E-state index is 13.1. The number of rotatable bonds is 3. The summed E-state index contributed by atoms with van der Waals surface area (Å²) in [5.41, 5.74) is -0.0315. The van der Waals surface area contributed by atoms with E-state index in [0.717, 1.165) is 0 Å². The Bertz CT molecular complexity index is 532. The van der Waals surface area contributed by atoms with Crippen LogP contribution in [-0.4, -0.2) is 28.8 Å². The van der Waals surface area contributed by atoms with Crippen LogP contribution in [0.1, 0.15) is 33.1 Å². The first-order valence-electron chi connectivity index (χ1n) is 6.98. The number of halogens is 2. The van der Waals surface area contributed by atoms with Crippen LogP contribution in [-0.2, 0) is 4.79 Å². The molecule has 2 rings (SSSR count). The standard InChI is InChI=1S/C15H19F2N3O/c1-14(2,10-18)20-7-4-12(5-8-20)19-13(21)11-3-6-15(16,17)9-11/h4-5,7,11H,3,6,8-9H2,1-2H3,(H,19,21). The van der Waals surface area contributed by atoms with Crippen LogP contribution < -0.4 is 5.32 Å². The third-order valence-electron chi connectivity index (χ3n) is 3.98. The maximum Gasteiger partial charge on any atom is 0.248 e. The highest BCUT2D eigenvalue weighted by Gasteiger charge is 2.42. The van der Waals surface area contributed by atoms with E-state index in [1.807, 2.05) is 4.90 Å². The van der Waals surface area contributed by atoms with Gasteiger partial charge in [0.05, 0.1) is 6.07 Å². The summed E-state index contributed by atoms with van der Waals surface area (Å²) in [6, 6.07) is 2.20. The molecule has 0 radical (unpaired) electrons. The van der Waals surface area contributed by atoms with Crippen molar-refractivity contribution in [2.24, 2.45) is 5.92 Å². The molecule has 2 aliphatic rings. The normalized spacial score (nSPS) is 24.4. The molecule has 1 fully saturated rings. The highest BCUT2D eigenvalue weighted by Crippen LogP contribution is 2.38. The molecule has 1 heterocycles. The van der Waals surface area contributed by atoms with E-state index in [1.54, 1.807) is 32.2 Å². The molecule has 1 atom stereocenters. The van der Waals surface area contributed by atoms with E-state index in [-0.39, 0.29) is 25.2 Å². The monoisotopic (exact) mass is 295 g/mol. The zero-order valence-electron chi connectivity index (χ0n) is 12.2. The SMILES string of the molecule is CC(C)(C#N)N1C=CC(NC(=O)C2CCC(F)(F)C2)=CC1. The molecule has 0 spiro atoms. The molecule has 1 saturated carbocycles. The van der Waals surface area contributed by atoms with Crippen molar-refractivity contribution >= 4 is 5.91 Å². The first kappa shape index (κ1) is 15.5. The molecule has 1 amide bonds. The quantitative estimate of drug-likeness (QED) is 0.870. The van der Waals surface area contributed by atoms with Gasteiger partial charge < -0.3 is 10.2 Å². The number of hydrogen-bond acceptors (Lipinski definition) is 3. The smallest absolute Gasteiger partial charge is 0.248 e. The van der Waals surface area contributed by atoms with Gasteiger partial charge in [0.25, 0.3) is 0 Å². The molecule has 1 unspecified atom stereocenters. The lowest BCUT2D eigenvalue weighted by Gasteiger charge is -2.33. The van der Waals surface area contributed by atoms with Crippen LogP contribution in [0.4, 0.5) is 8.78 Å². The molecule has 4 nitrogen and oxygen atoms in total. The van der Waals surface area contributed by atoms with Crippen molar-refractivity contribution in [1.82, 2.24) is 10.2 Å². The second-order valence-electron chi connectivity index (χ2n) is 6.08. The van der Waals surface area contributed by atoms with Gasteiger partial charge in [0.1, 0.15) is 5.54 Å². The fraction of sp³-hybridized carbons (Fsp3) is 0.600. The zero-order valence-corrected chi connectivity index (χ0v) is 12.2. The van der Waals surface area contributed by atoms with Crippen LogP contribution in [0.15, 0.2) is 24.0 Å². The van der Waals surface area contributed by atoms with Gasteiger partial charge in [-0.3, -0.25) is 4.79 Å². The van der Waals surface area contributed by atoms with Crippen LogP contribution in [0.25, 0.3) is 0 Å². The van der Waals surface area contributed by atoms with Gasteiger partial charge in [-0.15, -0.1) is 0 Å². The molecule has 0 bridgehead atoms. The number of alkyl halides is 2. The van der Waals surface area contributed by atoms with Crippen molar-refractivity contribution in [3.05, 3.63) is 24.0 Å². The average molecular weight is 295 g/mol. The number of nitrogens with zero attached hydrogens (tertiary/aromatic N) is 2. The van der Waals surface area contributed by atoms with E-state index in [1.165, 1.54) is 0 Å². The first-order chi connectivity index (χ1) is 9.73. The summed E-state index contributed by atoms with van der Waals surface area (Å²) in [6.07, 6.45) is 4.84. The van der Waals surface area contributed by atoms with Crippen molar-refractivity contribution in [2.45, 2.75) is 44.6 Å². The molecule has 1 N–H and O–H groups in total. The number of allylic oxidation sites excluding steroid dienone is 1. The van der Waals surface area contributed by atoms with Crippen molar-refractivity contribution in [3.63, 3.8) is 0 Å². The van der Waals surface area contributed by atoms with Crippen molar-refractivity contribution < 1.29 is 13.6 Å². The summed E-state index contributed by atoms with van der Waals surface area (Å²) in [6.45, 7) is 4.10. The zero-order chi connectivity index (χ0) is 15.7.